The molecule has 0 saturated carbocycles. The zero-order valence-electron chi connectivity index (χ0n) is 17.8. The van der Waals surface area contributed by atoms with Crippen LogP contribution in [0.2, 0.25) is 0 Å². The minimum Gasteiger partial charge on any atom is -0.444 e. The molecule has 2 saturated heterocycles. The quantitative estimate of drug-likeness (QED) is 0.246. The molecule has 2 aliphatic rings. The van der Waals surface area contributed by atoms with Gasteiger partial charge in [-0.05, 0) is 40.5 Å². The number of halogens is 1. The molecule has 2 rings (SSSR count). The predicted octanol–water partition coefficient (Wildman–Crippen LogP) is 1.89. The van der Waals surface area contributed by atoms with Crippen molar-refractivity contribution in [3.8, 4) is 0 Å². The summed E-state index contributed by atoms with van der Waals surface area (Å²) in [6, 6.07) is 0.0945. The van der Waals surface area contributed by atoms with Crippen molar-refractivity contribution in [3.63, 3.8) is 0 Å². The molecular weight excluding hydrogens is 473 g/mol. The zero-order chi connectivity index (χ0) is 19.7. The molecule has 0 aromatic carbocycles. The minimum atomic E-state index is -0.473. The van der Waals surface area contributed by atoms with Gasteiger partial charge in [0.1, 0.15) is 5.60 Å². The first-order valence-corrected chi connectivity index (χ1v) is 10.2. The molecule has 2 heterocycles. The maximum Gasteiger partial charge on any atom is 0.407 e. The van der Waals surface area contributed by atoms with Crippen LogP contribution in [0.5, 0.6) is 0 Å². The smallest absolute Gasteiger partial charge is 0.407 e. The molecule has 0 bridgehead atoms. The Morgan fingerprint density at radius 2 is 1.96 bits per heavy atom. The van der Waals surface area contributed by atoms with Crippen molar-refractivity contribution in [2.24, 2.45) is 4.99 Å². The van der Waals surface area contributed by atoms with E-state index >= 15 is 0 Å². The number of amides is 1. The van der Waals surface area contributed by atoms with E-state index in [1.54, 1.807) is 0 Å². The Morgan fingerprint density at radius 3 is 2.61 bits per heavy atom. The number of hydrogen-bond acceptors (Lipinski definition) is 5. The van der Waals surface area contributed by atoms with Crippen LogP contribution in [-0.2, 0) is 9.47 Å². The summed E-state index contributed by atoms with van der Waals surface area (Å²) in [5.41, 5.74) is -0.473. The van der Waals surface area contributed by atoms with E-state index in [1.165, 1.54) is 0 Å². The number of rotatable bonds is 6. The highest BCUT2D eigenvalue weighted by Gasteiger charge is 2.27. The third kappa shape index (κ3) is 9.60. The third-order valence-corrected chi connectivity index (χ3v) is 4.54. The van der Waals surface area contributed by atoms with E-state index in [1.807, 2.05) is 20.8 Å². The fourth-order valence-corrected chi connectivity index (χ4v) is 3.27. The second-order valence-corrected chi connectivity index (χ2v) is 8.12. The molecule has 1 atom stereocenters. The van der Waals surface area contributed by atoms with Gasteiger partial charge >= 0.3 is 6.09 Å². The summed E-state index contributed by atoms with van der Waals surface area (Å²) in [5.74, 6) is 0.938. The largest absolute Gasteiger partial charge is 0.444 e. The van der Waals surface area contributed by atoms with Gasteiger partial charge in [0.25, 0.3) is 0 Å². The van der Waals surface area contributed by atoms with E-state index in [0.717, 1.165) is 77.8 Å². The number of carbonyl (C=O) groups is 1. The lowest BCUT2D eigenvalue weighted by molar-refractivity contribution is 0.0377. The number of hydrogen-bond donors (Lipinski definition) is 2. The van der Waals surface area contributed by atoms with Crippen molar-refractivity contribution in [1.29, 1.82) is 0 Å². The Labute approximate surface area is 186 Å². The van der Waals surface area contributed by atoms with Crippen LogP contribution in [0.25, 0.3) is 0 Å². The van der Waals surface area contributed by atoms with Crippen LogP contribution >= 0.6 is 24.0 Å². The van der Waals surface area contributed by atoms with E-state index < -0.39 is 5.60 Å². The molecular formula is C19H38IN5O3. The molecule has 0 radical (unpaired) electrons. The number of likely N-dealkylation sites (tertiary alicyclic amines) is 1. The standard InChI is InChI=1S/C19H37N5O3.HI/c1-5-20-17(21-8-6-9-23-11-13-26-14-12-23)24-10-7-16(15-24)22-18(25)27-19(2,3)4;/h16H,5-15H2,1-4H3,(H,20,21)(H,22,25);1H. The SMILES string of the molecule is CCNC(=NCCCN1CCOCC1)N1CCC(NC(=O)OC(C)(C)C)C1.I. The first kappa shape index (κ1) is 25.2. The molecule has 2 aliphatic heterocycles. The molecule has 0 spiro atoms. The maximum absolute atomic E-state index is 12.0. The van der Waals surface area contributed by atoms with Gasteiger partial charge in [0.15, 0.2) is 5.96 Å². The molecule has 0 aromatic rings. The third-order valence-electron chi connectivity index (χ3n) is 4.54. The van der Waals surface area contributed by atoms with Gasteiger partial charge < -0.3 is 25.0 Å². The highest BCUT2D eigenvalue weighted by atomic mass is 127. The highest BCUT2D eigenvalue weighted by Crippen LogP contribution is 2.12. The molecule has 1 amide bonds. The van der Waals surface area contributed by atoms with Crippen LogP contribution in [0.1, 0.15) is 40.5 Å². The highest BCUT2D eigenvalue weighted by molar-refractivity contribution is 14.0. The van der Waals surface area contributed by atoms with Gasteiger partial charge in [-0.15, -0.1) is 24.0 Å². The number of alkyl carbamates (subject to hydrolysis) is 1. The summed E-state index contributed by atoms with van der Waals surface area (Å²) in [5, 5.41) is 6.34. The van der Waals surface area contributed by atoms with Gasteiger partial charge in [0.2, 0.25) is 0 Å². The molecule has 2 N–H and O–H groups in total. The van der Waals surface area contributed by atoms with Crippen LogP contribution in [0.4, 0.5) is 4.79 Å². The van der Waals surface area contributed by atoms with Crippen LogP contribution in [0.15, 0.2) is 4.99 Å². The fourth-order valence-electron chi connectivity index (χ4n) is 3.27. The van der Waals surface area contributed by atoms with Gasteiger partial charge in [0, 0.05) is 45.8 Å². The Morgan fingerprint density at radius 1 is 1.25 bits per heavy atom. The average molecular weight is 511 g/mol. The summed E-state index contributed by atoms with van der Waals surface area (Å²) in [6.45, 7) is 15.8. The first-order chi connectivity index (χ1) is 12.9. The van der Waals surface area contributed by atoms with Crippen LogP contribution in [-0.4, -0.2) is 92.5 Å². The predicted molar refractivity (Wildman–Crippen MR) is 123 cm³/mol. The molecule has 1 unspecified atom stereocenters. The zero-order valence-corrected chi connectivity index (χ0v) is 20.2. The average Bonchev–Trinajstić information content (AvgIpc) is 3.05. The van der Waals surface area contributed by atoms with Crippen molar-refractivity contribution in [3.05, 3.63) is 0 Å². The lowest BCUT2D eigenvalue weighted by atomic mass is 10.2. The van der Waals surface area contributed by atoms with Crippen molar-refractivity contribution in [2.75, 3.05) is 59.0 Å². The molecule has 2 fully saturated rings. The number of morpholine rings is 1. The monoisotopic (exact) mass is 511 g/mol. The number of nitrogens with one attached hydrogen (secondary N) is 2. The Bertz CT molecular complexity index is 492. The molecule has 9 heteroatoms. The van der Waals surface area contributed by atoms with Gasteiger partial charge in [0.05, 0.1) is 19.3 Å². The molecule has 8 nitrogen and oxygen atoms in total. The molecule has 0 aliphatic carbocycles. The van der Waals surface area contributed by atoms with E-state index in [-0.39, 0.29) is 36.1 Å². The van der Waals surface area contributed by atoms with Crippen molar-refractivity contribution >= 4 is 36.0 Å². The number of carbonyl (C=O) groups excluding carboxylic acids is 1. The summed E-state index contributed by atoms with van der Waals surface area (Å²) >= 11 is 0. The van der Waals surface area contributed by atoms with E-state index in [4.69, 9.17) is 14.5 Å². The molecule has 164 valence electrons. The van der Waals surface area contributed by atoms with Crippen molar-refractivity contribution in [1.82, 2.24) is 20.4 Å². The maximum atomic E-state index is 12.0. The topological polar surface area (TPSA) is 78.4 Å². The Kier molecular flexibility index (Phi) is 11.4. The van der Waals surface area contributed by atoms with Crippen LogP contribution in [0.3, 0.4) is 0 Å². The van der Waals surface area contributed by atoms with Crippen molar-refractivity contribution < 1.29 is 14.3 Å². The summed E-state index contributed by atoms with van der Waals surface area (Å²) in [7, 11) is 0. The van der Waals surface area contributed by atoms with E-state index in [2.05, 4.69) is 27.4 Å². The normalized spacial score (nSPS) is 21.2. The molecule has 28 heavy (non-hydrogen) atoms. The lowest BCUT2D eigenvalue weighted by Crippen LogP contribution is -2.44. The molecule has 0 aromatic heterocycles. The second-order valence-electron chi connectivity index (χ2n) is 8.12. The summed E-state index contributed by atoms with van der Waals surface area (Å²) in [4.78, 5) is 21.4. The van der Waals surface area contributed by atoms with Gasteiger partial charge in [-0.3, -0.25) is 9.89 Å². The number of aliphatic imine (C=N–C) groups is 1. The first-order valence-electron chi connectivity index (χ1n) is 10.2. The van der Waals surface area contributed by atoms with Gasteiger partial charge in [-0.2, -0.15) is 0 Å². The van der Waals surface area contributed by atoms with E-state index in [9.17, 15) is 4.79 Å². The van der Waals surface area contributed by atoms with Crippen LogP contribution in [0, 0.1) is 0 Å². The summed E-state index contributed by atoms with van der Waals surface area (Å²) in [6.07, 6.45) is 1.60. The second kappa shape index (κ2) is 12.7. The van der Waals surface area contributed by atoms with Gasteiger partial charge in [-0.1, -0.05) is 0 Å². The number of nitrogens with zero attached hydrogens (tertiary/aromatic N) is 3. The summed E-state index contributed by atoms with van der Waals surface area (Å²) < 4.78 is 10.7. The van der Waals surface area contributed by atoms with Gasteiger partial charge in [-0.25, -0.2) is 4.79 Å². The van der Waals surface area contributed by atoms with Crippen LogP contribution < -0.4 is 10.6 Å². The van der Waals surface area contributed by atoms with Crippen molar-refractivity contribution in [2.45, 2.75) is 52.2 Å². The number of guanidine groups is 1. The minimum absolute atomic E-state index is 0. The Balaban J connectivity index is 0.00000392. The van der Waals surface area contributed by atoms with E-state index in [0.29, 0.717) is 0 Å². The fraction of sp³-hybridized carbons (Fsp3) is 0.895. The lowest BCUT2D eigenvalue weighted by Gasteiger charge is -2.26. The Hall–Kier alpha value is -0.810. The number of ether oxygens (including phenoxy) is 2.